The molecule has 0 spiro atoms. The van der Waals surface area contributed by atoms with E-state index in [1.165, 1.54) is 14.0 Å². The highest BCUT2D eigenvalue weighted by Gasteiger charge is 2.25. The highest BCUT2D eigenvalue weighted by atomic mass is 16.8. The summed E-state index contributed by atoms with van der Waals surface area (Å²) in [4.78, 5) is 16.4. The highest BCUT2D eigenvalue weighted by Crippen LogP contribution is 2.16. The molecule has 8 heteroatoms. The van der Waals surface area contributed by atoms with Crippen LogP contribution in [0.25, 0.3) is 0 Å². The monoisotopic (exact) mass is 263 g/mol. The fraction of sp³-hybridized carbons (Fsp3) is 0.900. The van der Waals surface area contributed by atoms with Gasteiger partial charge in [-0.2, -0.15) is 0 Å². The Morgan fingerprint density at radius 2 is 2.11 bits per heavy atom. The van der Waals surface area contributed by atoms with Crippen LogP contribution >= 0.6 is 0 Å². The van der Waals surface area contributed by atoms with E-state index < -0.39 is 17.7 Å². The van der Waals surface area contributed by atoms with E-state index in [1.807, 2.05) is 0 Å². The molecule has 1 N–H and O–H groups in total. The lowest BCUT2D eigenvalue weighted by molar-refractivity contribution is -0.707. The zero-order valence-electron chi connectivity index (χ0n) is 11.4. The second kappa shape index (κ2) is 7.00. The number of likely N-dealkylation sites (N-methyl/N-ethyl adjacent to an activating group) is 1. The van der Waals surface area contributed by atoms with Gasteiger partial charge in [0.1, 0.15) is 0 Å². The maximum Gasteiger partial charge on any atom is 0.314 e. The lowest BCUT2D eigenvalue weighted by atomic mass is 9.97. The molecule has 106 valence electrons. The normalized spacial score (nSPS) is 14.0. The first-order valence-electron chi connectivity index (χ1n) is 5.55. The number of ether oxygens (including phenoxy) is 1. The molecule has 1 atom stereocenters. The Morgan fingerprint density at radius 1 is 1.56 bits per heavy atom. The maximum absolute atomic E-state index is 11.5. The molecule has 0 rings (SSSR count). The molecule has 0 saturated carbocycles. The van der Waals surface area contributed by atoms with Gasteiger partial charge in [-0.1, -0.05) is 0 Å². The Kier molecular flexibility index (Phi) is 6.39. The van der Waals surface area contributed by atoms with Gasteiger partial charge in [0.25, 0.3) is 6.29 Å². The molecule has 0 fully saturated rings. The molecule has 0 saturated heterocycles. The van der Waals surface area contributed by atoms with Gasteiger partial charge in [0.15, 0.2) is 0 Å². The third-order valence-electron chi connectivity index (χ3n) is 1.87. The molecule has 0 bridgehead atoms. The Balaban J connectivity index is 4.21. The topological polar surface area (TPSA) is 97.4 Å². The van der Waals surface area contributed by atoms with E-state index in [9.17, 15) is 10.0 Å². The van der Waals surface area contributed by atoms with Crippen molar-refractivity contribution in [1.82, 2.24) is 5.01 Å². The second-order valence-corrected chi connectivity index (χ2v) is 4.77. The number of aliphatic hydroxyl groups excluding tert-OH is 1. The smallest absolute Gasteiger partial charge is 0.314 e. The molecule has 8 nitrogen and oxygen atoms in total. The zero-order chi connectivity index (χ0) is 14.3. The van der Waals surface area contributed by atoms with E-state index in [1.54, 1.807) is 20.8 Å². The van der Waals surface area contributed by atoms with Crippen molar-refractivity contribution in [3.8, 4) is 0 Å². The lowest BCUT2D eigenvalue weighted by Gasteiger charge is -2.19. The van der Waals surface area contributed by atoms with Crippen molar-refractivity contribution < 1.29 is 24.4 Å². The first-order chi connectivity index (χ1) is 8.18. The number of nitrogens with zero attached hydrogens (tertiary/aromatic N) is 3. The largest absolute Gasteiger partial charge is 0.569 e. The van der Waals surface area contributed by atoms with E-state index in [4.69, 9.17) is 14.7 Å². The number of hydrogen-bond donors (Lipinski definition) is 1. The molecular formula is C10H21N3O5. The minimum Gasteiger partial charge on any atom is -0.569 e. The van der Waals surface area contributed by atoms with E-state index >= 15 is 0 Å². The van der Waals surface area contributed by atoms with Crippen LogP contribution in [-0.2, 0) is 14.4 Å². The minimum atomic E-state index is -0.962. The third-order valence-corrected chi connectivity index (χ3v) is 1.87. The first kappa shape index (κ1) is 16.4. The van der Waals surface area contributed by atoms with Gasteiger partial charge in [0, 0.05) is 6.92 Å². The van der Waals surface area contributed by atoms with E-state index in [0.717, 1.165) is 5.01 Å². The van der Waals surface area contributed by atoms with Crippen molar-refractivity contribution in [3.63, 3.8) is 0 Å². The van der Waals surface area contributed by atoms with E-state index in [0.29, 0.717) is 0 Å². The van der Waals surface area contributed by atoms with Gasteiger partial charge in [0.05, 0.1) is 30.6 Å². The van der Waals surface area contributed by atoms with Gasteiger partial charge in [-0.3, -0.25) is 9.63 Å². The summed E-state index contributed by atoms with van der Waals surface area (Å²) >= 11 is 0. The average molecular weight is 263 g/mol. The number of hydrogen-bond acceptors (Lipinski definition) is 6. The third kappa shape index (κ3) is 6.24. The van der Waals surface area contributed by atoms with E-state index in [2.05, 4.69) is 5.28 Å². The highest BCUT2D eigenvalue weighted by molar-refractivity contribution is 5.75. The predicted octanol–water partition coefficient (Wildman–Crippen LogP) is 0.655. The Labute approximate surface area is 106 Å². The van der Waals surface area contributed by atoms with Gasteiger partial charge in [-0.15, -0.1) is 5.01 Å². The Bertz CT molecular complexity index is 300. The van der Waals surface area contributed by atoms with Crippen LogP contribution < -0.4 is 0 Å². The van der Waals surface area contributed by atoms with E-state index in [-0.39, 0.29) is 18.1 Å². The quantitative estimate of drug-likeness (QED) is 0.248. The molecule has 18 heavy (non-hydrogen) atoms. The van der Waals surface area contributed by atoms with Crippen LogP contribution in [0.4, 0.5) is 0 Å². The molecule has 0 aliphatic heterocycles. The molecule has 0 aliphatic carbocycles. The van der Waals surface area contributed by atoms with Crippen LogP contribution in [0.5, 0.6) is 0 Å². The minimum absolute atomic E-state index is 0.118. The molecule has 0 aliphatic rings. The summed E-state index contributed by atoms with van der Waals surface area (Å²) in [5, 5.41) is 24.1. The van der Waals surface area contributed by atoms with Crippen LogP contribution in [0.3, 0.4) is 0 Å². The number of esters is 1. The predicted molar refractivity (Wildman–Crippen MR) is 61.9 cm³/mol. The van der Waals surface area contributed by atoms with Gasteiger partial charge < -0.3 is 15.1 Å². The fourth-order valence-electron chi connectivity index (χ4n) is 0.748. The number of rotatable bonds is 6. The molecule has 0 heterocycles. The van der Waals surface area contributed by atoms with Crippen molar-refractivity contribution in [2.24, 2.45) is 10.7 Å². The van der Waals surface area contributed by atoms with Crippen molar-refractivity contribution in [1.29, 1.82) is 0 Å². The van der Waals surface area contributed by atoms with Gasteiger partial charge in [0.2, 0.25) is 5.28 Å². The van der Waals surface area contributed by atoms with Gasteiger partial charge in [-0.05, 0) is 20.8 Å². The summed E-state index contributed by atoms with van der Waals surface area (Å²) in [6.45, 7) is 6.50. The summed E-state index contributed by atoms with van der Waals surface area (Å²) in [5.41, 5.74) is -0.650. The molecular weight excluding hydrogens is 242 g/mol. The first-order valence-corrected chi connectivity index (χ1v) is 5.55. The molecule has 0 amide bonds. The van der Waals surface area contributed by atoms with Crippen LogP contribution in [0.2, 0.25) is 0 Å². The molecule has 0 aromatic heterocycles. The second-order valence-electron chi connectivity index (χ2n) is 4.77. The van der Waals surface area contributed by atoms with Gasteiger partial charge >= 0.3 is 5.97 Å². The lowest BCUT2D eigenvalue weighted by Crippen LogP contribution is -2.31. The van der Waals surface area contributed by atoms with Crippen LogP contribution in [0.15, 0.2) is 5.28 Å². The number of carbonyl (C=O) groups is 1. The number of carbonyl (C=O) groups excluding carboxylic acids is 1. The summed E-state index contributed by atoms with van der Waals surface area (Å²) in [6.07, 6.45) is -0.962. The van der Waals surface area contributed by atoms with Crippen molar-refractivity contribution in [2.45, 2.75) is 34.0 Å². The molecule has 0 aromatic carbocycles. The fourth-order valence-corrected chi connectivity index (χ4v) is 0.748. The van der Waals surface area contributed by atoms with Crippen molar-refractivity contribution in [2.75, 3.05) is 20.2 Å². The maximum atomic E-state index is 11.5. The van der Waals surface area contributed by atoms with Crippen LogP contribution in [0.1, 0.15) is 27.7 Å². The molecule has 1 unspecified atom stereocenters. The zero-order valence-corrected chi connectivity index (χ0v) is 11.4. The Hall–Kier alpha value is -1.57. The summed E-state index contributed by atoms with van der Waals surface area (Å²) in [6, 6.07) is 0. The molecule has 0 radical (unpaired) electrons. The number of hydrazine groups is 1. The van der Waals surface area contributed by atoms with Crippen LogP contribution in [0, 0.1) is 10.6 Å². The average Bonchev–Trinajstić information content (AvgIpc) is 2.24. The van der Waals surface area contributed by atoms with Crippen molar-refractivity contribution >= 4 is 5.97 Å². The Morgan fingerprint density at radius 3 is 2.56 bits per heavy atom. The van der Waals surface area contributed by atoms with Crippen molar-refractivity contribution in [3.05, 3.63) is 5.21 Å². The standard InChI is InChI=1S/C10H21N3O5/c1-8(17-9(15)10(2,3)4)18-11-13(16)12(5)6-7-14/h8,14H,6-7H2,1-5H3/b13-11-. The SMILES string of the molecule is CC(O/N=[N+](\[O-])N(C)CCO)OC(=O)C(C)(C)C. The van der Waals surface area contributed by atoms with Gasteiger partial charge in [-0.25, -0.2) is 0 Å². The number of aliphatic hydroxyl groups is 1. The van der Waals surface area contributed by atoms with Crippen LogP contribution in [-0.4, -0.2) is 47.5 Å². The molecule has 0 aromatic rings. The summed E-state index contributed by atoms with van der Waals surface area (Å²) in [7, 11) is 1.43. The summed E-state index contributed by atoms with van der Waals surface area (Å²) < 4.78 is 4.92. The summed E-state index contributed by atoms with van der Waals surface area (Å²) in [5.74, 6) is -0.452.